The summed E-state index contributed by atoms with van der Waals surface area (Å²) in [5.74, 6) is -2.81. The van der Waals surface area contributed by atoms with Crippen LogP contribution < -0.4 is 10.2 Å². The summed E-state index contributed by atoms with van der Waals surface area (Å²) in [4.78, 5) is 50.5. The van der Waals surface area contributed by atoms with Gasteiger partial charge >= 0.3 is 12.0 Å². The molecule has 0 spiro atoms. The molecule has 1 fully saturated rings. The summed E-state index contributed by atoms with van der Waals surface area (Å²) in [5.41, 5.74) is 0.898. The number of nitrogens with zero attached hydrogens (tertiary/aromatic N) is 2. The number of para-hydroxylation sites is 1. The summed E-state index contributed by atoms with van der Waals surface area (Å²) < 4.78 is 20.3. The average molecular weight is 435 g/mol. The molecule has 3 aromatic rings. The number of aromatic nitrogens is 1. The van der Waals surface area contributed by atoms with Crippen molar-refractivity contribution in [3.8, 4) is 0 Å². The highest BCUT2D eigenvalue weighted by molar-refractivity contribution is 6.39. The second kappa shape index (κ2) is 8.46. The summed E-state index contributed by atoms with van der Waals surface area (Å²) >= 11 is 0. The van der Waals surface area contributed by atoms with Crippen molar-refractivity contribution in [2.75, 3.05) is 11.5 Å². The number of nitrogens with one attached hydrogen (secondary N) is 1. The fourth-order valence-electron chi connectivity index (χ4n) is 3.53. The van der Waals surface area contributed by atoms with Gasteiger partial charge in [0.05, 0.1) is 12.3 Å². The predicted molar refractivity (Wildman–Crippen MR) is 114 cm³/mol. The van der Waals surface area contributed by atoms with Crippen molar-refractivity contribution in [1.82, 2.24) is 9.88 Å². The lowest BCUT2D eigenvalue weighted by atomic mass is 10.1. The molecule has 162 valence electrons. The van der Waals surface area contributed by atoms with E-state index in [1.54, 1.807) is 42.0 Å². The molecule has 4 amide bonds. The molecule has 0 bridgehead atoms. The third-order valence-corrected chi connectivity index (χ3v) is 4.89. The Labute approximate surface area is 181 Å². The number of carbonyl (C=O) groups is 4. The van der Waals surface area contributed by atoms with E-state index in [4.69, 9.17) is 4.74 Å². The van der Waals surface area contributed by atoms with E-state index in [1.807, 2.05) is 0 Å². The molecule has 0 saturated carbocycles. The molecule has 0 radical (unpaired) electrons. The quantitative estimate of drug-likeness (QED) is 0.378. The number of hydrogen-bond acceptors (Lipinski definition) is 5. The van der Waals surface area contributed by atoms with Crippen LogP contribution in [0.3, 0.4) is 0 Å². The van der Waals surface area contributed by atoms with E-state index in [1.165, 1.54) is 24.3 Å². The van der Waals surface area contributed by atoms with Crippen molar-refractivity contribution < 1.29 is 28.3 Å². The number of esters is 1. The number of anilines is 1. The largest absolute Gasteiger partial charge is 0.465 e. The van der Waals surface area contributed by atoms with Crippen LogP contribution in [-0.2, 0) is 25.7 Å². The molecule has 0 atom stereocenters. The van der Waals surface area contributed by atoms with Crippen LogP contribution in [0.5, 0.6) is 0 Å². The Balaban J connectivity index is 1.77. The van der Waals surface area contributed by atoms with Gasteiger partial charge in [-0.1, -0.05) is 24.3 Å². The smallest absolute Gasteiger partial charge is 0.335 e. The first-order valence-electron chi connectivity index (χ1n) is 9.79. The zero-order chi connectivity index (χ0) is 22.8. The van der Waals surface area contributed by atoms with Crippen LogP contribution in [0.2, 0.25) is 0 Å². The van der Waals surface area contributed by atoms with Gasteiger partial charge in [0, 0.05) is 22.7 Å². The number of ether oxygens (including phenoxy) is 1. The number of carbonyl (C=O) groups excluding carboxylic acids is 4. The Kier molecular flexibility index (Phi) is 5.55. The highest BCUT2D eigenvalue weighted by Gasteiger charge is 2.37. The van der Waals surface area contributed by atoms with Crippen LogP contribution in [0.15, 0.2) is 60.3 Å². The number of urea groups is 1. The van der Waals surface area contributed by atoms with Crippen LogP contribution in [0.4, 0.5) is 14.9 Å². The van der Waals surface area contributed by atoms with Gasteiger partial charge in [0.25, 0.3) is 11.8 Å². The fourth-order valence-corrected chi connectivity index (χ4v) is 3.53. The molecular weight excluding hydrogens is 417 g/mol. The minimum Gasteiger partial charge on any atom is -0.465 e. The summed E-state index contributed by atoms with van der Waals surface area (Å²) in [6, 6.07) is 11.1. The first-order valence-corrected chi connectivity index (χ1v) is 9.79. The first kappa shape index (κ1) is 21.0. The van der Waals surface area contributed by atoms with Crippen molar-refractivity contribution in [3.05, 3.63) is 71.7 Å². The summed E-state index contributed by atoms with van der Waals surface area (Å²) in [6.07, 6.45) is 2.97. The molecule has 2 aromatic carbocycles. The van der Waals surface area contributed by atoms with Crippen molar-refractivity contribution in [3.63, 3.8) is 0 Å². The predicted octanol–water partition coefficient (Wildman–Crippen LogP) is 3.01. The van der Waals surface area contributed by atoms with E-state index in [0.29, 0.717) is 21.4 Å². The molecule has 1 aliphatic rings. The molecule has 8 nitrogen and oxygen atoms in total. The zero-order valence-electron chi connectivity index (χ0n) is 17.0. The average Bonchev–Trinajstić information content (AvgIpc) is 3.08. The molecule has 1 aromatic heterocycles. The van der Waals surface area contributed by atoms with Gasteiger partial charge in [0.2, 0.25) is 0 Å². The molecular formula is C23H18FN3O5. The van der Waals surface area contributed by atoms with E-state index in [0.717, 1.165) is 6.07 Å². The standard InChI is InChI=1S/C23H18FN3O5/c1-2-32-20(28)13-26-12-14(17-8-3-4-9-19(17)26)10-18-21(29)25-23(31)27(22(18)30)16-7-5-6-15(24)11-16/h3-12H,2,13H2,1H3,(H,25,29,31)/b18-10+. The maximum atomic E-state index is 13.6. The van der Waals surface area contributed by atoms with Crippen LogP contribution in [0, 0.1) is 5.82 Å². The molecule has 9 heteroatoms. The molecule has 2 heterocycles. The number of rotatable bonds is 5. The van der Waals surface area contributed by atoms with E-state index in [2.05, 4.69) is 5.32 Å². The van der Waals surface area contributed by atoms with Gasteiger partial charge in [-0.25, -0.2) is 14.1 Å². The lowest BCUT2D eigenvalue weighted by Gasteiger charge is -2.26. The SMILES string of the molecule is CCOC(=O)Cn1cc(/C=C2\C(=O)NC(=O)N(c3cccc(F)c3)C2=O)c2ccccc21. The monoisotopic (exact) mass is 435 g/mol. The number of benzene rings is 2. The minimum absolute atomic E-state index is 0.00404. The lowest BCUT2D eigenvalue weighted by Crippen LogP contribution is -2.54. The first-order chi connectivity index (χ1) is 15.4. The van der Waals surface area contributed by atoms with E-state index in [9.17, 15) is 23.6 Å². The van der Waals surface area contributed by atoms with Crippen LogP contribution >= 0.6 is 0 Å². The van der Waals surface area contributed by atoms with Crippen LogP contribution in [-0.4, -0.2) is 35.0 Å². The third-order valence-electron chi connectivity index (χ3n) is 4.89. The molecule has 1 saturated heterocycles. The summed E-state index contributed by atoms with van der Waals surface area (Å²) in [6.45, 7) is 1.90. The molecule has 0 aliphatic carbocycles. The number of imide groups is 2. The minimum atomic E-state index is -0.965. The molecule has 4 rings (SSSR count). The van der Waals surface area contributed by atoms with Gasteiger partial charge in [0.15, 0.2) is 0 Å². The van der Waals surface area contributed by atoms with Gasteiger partial charge in [0.1, 0.15) is 17.9 Å². The summed E-state index contributed by atoms with van der Waals surface area (Å²) in [7, 11) is 0. The molecule has 1 N–H and O–H groups in total. The second-order valence-corrected chi connectivity index (χ2v) is 6.97. The lowest BCUT2D eigenvalue weighted by molar-refractivity contribution is -0.143. The van der Waals surface area contributed by atoms with Gasteiger partial charge in [-0.05, 0) is 37.3 Å². The number of amides is 4. The highest BCUT2D eigenvalue weighted by Crippen LogP contribution is 2.27. The zero-order valence-corrected chi connectivity index (χ0v) is 17.0. The van der Waals surface area contributed by atoms with Crippen molar-refractivity contribution in [2.45, 2.75) is 13.5 Å². The Morgan fingerprint density at radius 1 is 1.12 bits per heavy atom. The van der Waals surface area contributed by atoms with Crippen molar-refractivity contribution >= 4 is 46.5 Å². The fraction of sp³-hybridized carbons (Fsp3) is 0.130. The Morgan fingerprint density at radius 2 is 1.91 bits per heavy atom. The third kappa shape index (κ3) is 3.87. The number of barbiturate groups is 1. The van der Waals surface area contributed by atoms with E-state index < -0.39 is 29.6 Å². The number of fused-ring (bicyclic) bond motifs is 1. The van der Waals surface area contributed by atoms with Gasteiger partial charge in [-0.15, -0.1) is 0 Å². The van der Waals surface area contributed by atoms with Crippen molar-refractivity contribution in [2.24, 2.45) is 0 Å². The van der Waals surface area contributed by atoms with Crippen LogP contribution in [0.25, 0.3) is 17.0 Å². The Hall–Kier alpha value is -4.27. The van der Waals surface area contributed by atoms with Gasteiger partial charge in [-0.2, -0.15) is 0 Å². The van der Waals surface area contributed by atoms with E-state index in [-0.39, 0.29) is 24.4 Å². The normalized spacial score (nSPS) is 15.4. The van der Waals surface area contributed by atoms with Crippen LogP contribution in [0.1, 0.15) is 12.5 Å². The van der Waals surface area contributed by atoms with Gasteiger partial charge < -0.3 is 9.30 Å². The number of hydrogen-bond donors (Lipinski definition) is 1. The summed E-state index contributed by atoms with van der Waals surface area (Å²) in [5, 5.41) is 2.80. The van der Waals surface area contributed by atoms with Gasteiger partial charge in [-0.3, -0.25) is 19.7 Å². The molecule has 0 unspecified atom stereocenters. The molecule has 1 aliphatic heterocycles. The second-order valence-electron chi connectivity index (χ2n) is 6.97. The Morgan fingerprint density at radius 3 is 2.66 bits per heavy atom. The van der Waals surface area contributed by atoms with Crippen molar-refractivity contribution in [1.29, 1.82) is 0 Å². The number of halogens is 1. The highest BCUT2D eigenvalue weighted by atomic mass is 19.1. The van der Waals surface area contributed by atoms with E-state index >= 15 is 0 Å². The maximum Gasteiger partial charge on any atom is 0.335 e. The Bertz CT molecular complexity index is 1290. The topological polar surface area (TPSA) is 97.7 Å². The molecule has 32 heavy (non-hydrogen) atoms. The maximum absolute atomic E-state index is 13.6.